The summed E-state index contributed by atoms with van der Waals surface area (Å²) in [6, 6.07) is 17.1. The van der Waals surface area contributed by atoms with Gasteiger partial charge in [-0.2, -0.15) is 5.10 Å². The van der Waals surface area contributed by atoms with Gasteiger partial charge >= 0.3 is 0 Å². The van der Waals surface area contributed by atoms with Gasteiger partial charge in [0.15, 0.2) is 0 Å². The van der Waals surface area contributed by atoms with Crippen molar-refractivity contribution in [3.63, 3.8) is 0 Å². The zero-order valence-electron chi connectivity index (χ0n) is 25.6. The Hall–Kier alpha value is -4.80. The summed E-state index contributed by atoms with van der Waals surface area (Å²) < 4.78 is 27.1. The van der Waals surface area contributed by atoms with Gasteiger partial charge in [0.25, 0.3) is 0 Å². The Kier molecular flexibility index (Phi) is 7.81. The van der Waals surface area contributed by atoms with Crippen molar-refractivity contribution in [2.24, 2.45) is 0 Å². The van der Waals surface area contributed by atoms with E-state index in [0.717, 1.165) is 101 Å². The Morgan fingerprint density at radius 2 is 1.74 bits per heavy atom. The molecule has 4 aromatic heterocycles. The maximum atomic E-state index is 14.8. The molecule has 2 aromatic carbocycles. The maximum absolute atomic E-state index is 14.8. The average molecular weight is 618 g/mol. The molecule has 8 rings (SSSR count). The van der Waals surface area contributed by atoms with E-state index in [9.17, 15) is 4.39 Å². The summed E-state index contributed by atoms with van der Waals surface area (Å²) in [7, 11) is 0. The second-order valence-electron chi connectivity index (χ2n) is 12.2. The molecule has 0 atom stereocenters. The van der Waals surface area contributed by atoms with Gasteiger partial charge in [0.05, 0.1) is 17.4 Å². The van der Waals surface area contributed by atoms with Crippen molar-refractivity contribution in [2.45, 2.75) is 31.8 Å². The number of likely N-dealkylation sites (tertiary alicyclic amines) is 1. The number of hydrogen-bond donors (Lipinski definition) is 3. The Morgan fingerprint density at radius 3 is 2.63 bits per heavy atom. The molecule has 2 fully saturated rings. The fourth-order valence-corrected chi connectivity index (χ4v) is 6.65. The van der Waals surface area contributed by atoms with Crippen LogP contribution in [0.25, 0.3) is 55.6 Å². The average Bonchev–Trinajstić information content (AvgIpc) is 3.85. The Bertz CT molecular complexity index is 1990. The van der Waals surface area contributed by atoms with E-state index in [1.165, 1.54) is 18.9 Å². The third-order valence-electron chi connectivity index (χ3n) is 9.04. The summed E-state index contributed by atoms with van der Waals surface area (Å²) in [6.45, 7) is 5.53. The van der Waals surface area contributed by atoms with Gasteiger partial charge in [-0.25, -0.2) is 9.37 Å². The van der Waals surface area contributed by atoms with Crippen molar-refractivity contribution in [3.05, 3.63) is 79.0 Å². The van der Waals surface area contributed by atoms with Gasteiger partial charge in [-0.3, -0.25) is 15.0 Å². The van der Waals surface area contributed by atoms with Crippen molar-refractivity contribution < 1.29 is 13.9 Å². The largest absolute Gasteiger partial charge is 0.492 e. The highest BCUT2D eigenvalue weighted by Crippen LogP contribution is 2.36. The van der Waals surface area contributed by atoms with Gasteiger partial charge in [-0.15, -0.1) is 0 Å². The number of H-pyrrole nitrogens is 2. The van der Waals surface area contributed by atoms with E-state index < -0.39 is 0 Å². The molecule has 46 heavy (non-hydrogen) atoms. The lowest BCUT2D eigenvalue weighted by Crippen LogP contribution is -2.34. The van der Waals surface area contributed by atoms with Crippen molar-refractivity contribution in [1.82, 2.24) is 35.4 Å². The Morgan fingerprint density at radius 1 is 0.870 bits per heavy atom. The topological polar surface area (TPSA) is 104 Å². The Balaban J connectivity index is 1.08. The lowest BCUT2D eigenvalue weighted by molar-refractivity contribution is 0.162. The highest BCUT2D eigenvalue weighted by atomic mass is 19.1. The van der Waals surface area contributed by atoms with E-state index in [4.69, 9.17) is 9.47 Å². The van der Waals surface area contributed by atoms with Crippen LogP contribution >= 0.6 is 0 Å². The number of ether oxygens (including phenoxy) is 2. The molecule has 2 saturated heterocycles. The molecule has 2 aliphatic heterocycles. The van der Waals surface area contributed by atoms with Crippen LogP contribution in [-0.4, -0.2) is 75.5 Å². The molecule has 6 aromatic rings. The quantitative estimate of drug-likeness (QED) is 0.168. The third-order valence-corrected chi connectivity index (χ3v) is 9.04. The van der Waals surface area contributed by atoms with Gasteiger partial charge in [-0.05, 0) is 111 Å². The first kappa shape index (κ1) is 28.7. The zero-order chi connectivity index (χ0) is 30.9. The van der Waals surface area contributed by atoms with Crippen LogP contribution in [0.2, 0.25) is 0 Å². The molecule has 234 valence electrons. The smallest absolute Gasteiger partial charge is 0.138 e. The number of nitrogens with zero attached hydrogens (tertiary/aromatic N) is 4. The number of aromatic amines is 2. The summed E-state index contributed by atoms with van der Waals surface area (Å²) >= 11 is 0. The standard InChI is InChI=1S/C36H36FN7O2/c37-26-15-24(16-28(19-26)45-14-13-44-11-1-2-12-44)30-7-10-40-36-31(30)20-34(41-36)35-32-18-23(3-4-33(32)42-43-35)25-17-29(22-39-21-25)46-27-5-8-38-9-6-27/h3-4,7,10,15-22,27,38H,1-2,5-6,8-9,11-14H2,(H,40,41)(H,42,43). The number of piperidine rings is 1. The summed E-state index contributed by atoms with van der Waals surface area (Å²) in [4.78, 5) is 14.9. The summed E-state index contributed by atoms with van der Waals surface area (Å²) in [5.74, 6) is 0.976. The van der Waals surface area contributed by atoms with Crippen LogP contribution in [-0.2, 0) is 0 Å². The zero-order valence-corrected chi connectivity index (χ0v) is 25.6. The predicted octanol–water partition coefficient (Wildman–Crippen LogP) is 6.58. The highest BCUT2D eigenvalue weighted by Gasteiger charge is 2.18. The third kappa shape index (κ3) is 5.93. The van der Waals surface area contributed by atoms with Crippen LogP contribution in [0.3, 0.4) is 0 Å². The molecule has 3 N–H and O–H groups in total. The minimum atomic E-state index is -0.333. The number of nitrogens with one attached hydrogen (secondary N) is 3. The van der Waals surface area contributed by atoms with Crippen molar-refractivity contribution in [1.29, 1.82) is 0 Å². The van der Waals surface area contributed by atoms with E-state index in [-0.39, 0.29) is 11.9 Å². The first-order valence-electron chi connectivity index (χ1n) is 16.1. The van der Waals surface area contributed by atoms with Gasteiger partial charge < -0.3 is 19.8 Å². The molecule has 2 aliphatic rings. The lowest BCUT2D eigenvalue weighted by Gasteiger charge is -2.23. The van der Waals surface area contributed by atoms with Crippen LogP contribution in [0.5, 0.6) is 11.5 Å². The maximum Gasteiger partial charge on any atom is 0.138 e. The van der Waals surface area contributed by atoms with Crippen LogP contribution in [0.15, 0.2) is 73.2 Å². The van der Waals surface area contributed by atoms with E-state index in [2.05, 4.69) is 53.6 Å². The lowest BCUT2D eigenvalue weighted by atomic mass is 10.0. The fourth-order valence-electron chi connectivity index (χ4n) is 6.65. The van der Waals surface area contributed by atoms with Gasteiger partial charge in [0.2, 0.25) is 0 Å². The first-order valence-corrected chi connectivity index (χ1v) is 16.1. The number of fused-ring (bicyclic) bond motifs is 2. The summed E-state index contributed by atoms with van der Waals surface area (Å²) in [5, 5.41) is 13.1. The number of aromatic nitrogens is 5. The molecule has 0 bridgehead atoms. The van der Waals surface area contributed by atoms with E-state index in [1.54, 1.807) is 18.5 Å². The molecule has 0 radical (unpaired) electrons. The molecular formula is C36H36FN7O2. The molecule has 0 spiro atoms. The van der Waals surface area contributed by atoms with Crippen molar-refractivity contribution in [3.8, 4) is 45.1 Å². The van der Waals surface area contributed by atoms with E-state index >= 15 is 0 Å². The number of rotatable bonds is 9. The molecule has 9 nitrogen and oxygen atoms in total. The van der Waals surface area contributed by atoms with E-state index in [0.29, 0.717) is 18.0 Å². The van der Waals surface area contributed by atoms with Crippen molar-refractivity contribution in [2.75, 3.05) is 39.3 Å². The van der Waals surface area contributed by atoms with Crippen LogP contribution < -0.4 is 14.8 Å². The van der Waals surface area contributed by atoms with Crippen molar-refractivity contribution >= 4 is 21.9 Å². The van der Waals surface area contributed by atoms with E-state index in [1.807, 2.05) is 30.5 Å². The minimum Gasteiger partial charge on any atom is -0.492 e. The number of hydrogen-bond acceptors (Lipinski definition) is 7. The molecule has 0 unspecified atom stereocenters. The number of pyridine rings is 2. The van der Waals surface area contributed by atoms with Gasteiger partial charge in [0.1, 0.15) is 41.4 Å². The highest BCUT2D eigenvalue weighted by molar-refractivity contribution is 6.00. The monoisotopic (exact) mass is 617 g/mol. The second kappa shape index (κ2) is 12.5. The van der Waals surface area contributed by atoms with Gasteiger partial charge in [-0.1, -0.05) is 6.07 Å². The summed E-state index contributed by atoms with van der Waals surface area (Å²) in [5.41, 5.74) is 6.82. The normalized spacial score (nSPS) is 16.0. The number of halogens is 1. The SMILES string of the molecule is Fc1cc(OCCN2CCCC2)cc(-c2ccnc3[nH]c(-c4n[nH]c5ccc(-c6cncc(OC7CCNCC7)c6)cc45)cc23)c1. The molecular weight excluding hydrogens is 581 g/mol. The van der Waals surface area contributed by atoms with Crippen LogP contribution in [0, 0.1) is 5.82 Å². The van der Waals surface area contributed by atoms with Gasteiger partial charge in [0, 0.05) is 41.3 Å². The molecule has 0 saturated carbocycles. The first-order chi connectivity index (χ1) is 22.7. The molecule has 10 heteroatoms. The fraction of sp³-hybridized carbons (Fsp3) is 0.306. The predicted molar refractivity (Wildman–Crippen MR) is 177 cm³/mol. The molecule has 0 aliphatic carbocycles. The second-order valence-corrected chi connectivity index (χ2v) is 12.2. The summed E-state index contributed by atoms with van der Waals surface area (Å²) in [6.07, 6.45) is 10.0. The van der Waals surface area contributed by atoms with Crippen LogP contribution in [0.1, 0.15) is 25.7 Å². The molecule has 0 amide bonds. The molecule has 6 heterocycles. The Labute approximate surface area is 266 Å². The minimum absolute atomic E-state index is 0.202. The van der Waals surface area contributed by atoms with Crippen LogP contribution in [0.4, 0.5) is 4.39 Å². The number of benzene rings is 2.